The number of ether oxygens (including phenoxy) is 1. The summed E-state index contributed by atoms with van der Waals surface area (Å²) in [7, 11) is 0. The molecule has 158 valence electrons. The summed E-state index contributed by atoms with van der Waals surface area (Å²) >= 11 is 0. The molecule has 6 rings (SSSR count). The Hall–Kier alpha value is -4.50. The monoisotopic (exact) mass is 429 g/mol. The second-order valence-electron chi connectivity index (χ2n) is 7.99. The Labute approximate surface area is 190 Å². The molecule has 0 saturated carbocycles. The zero-order valence-corrected chi connectivity index (χ0v) is 17.8. The van der Waals surface area contributed by atoms with Crippen LogP contribution in [0.5, 0.6) is 11.5 Å². The lowest BCUT2D eigenvalue weighted by Gasteiger charge is -2.11. The number of aryl methyl sites for hydroxylation is 1. The molecule has 1 aliphatic heterocycles. The highest BCUT2D eigenvalue weighted by Crippen LogP contribution is 2.40. The SMILES string of the molecule is N#Cc1cccc(Oc2ccc3c(-c4c(-c5ccccn5)nn5c4CCC5)ccnc3c2)c1. The third kappa shape index (κ3) is 3.40. The van der Waals surface area contributed by atoms with Gasteiger partial charge in [0.25, 0.3) is 0 Å². The van der Waals surface area contributed by atoms with Gasteiger partial charge in [0.05, 0.1) is 22.8 Å². The fraction of sp³-hybridized carbons (Fsp3) is 0.111. The maximum absolute atomic E-state index is 9.14. The average Bonchev–Trinajstić information content (AvgIpc) is 3.46. The fourth-order valence-electron chi connectivity index (χ4n) is 4.47. The molecule has 1 aliphatic rings. The van der Waals surface area contributed by atoms with Crippen molar-refractivity contribution in [3.8, 4) is 40.1 Å². The van der Waals surface area contributed by atoms with Gasteiger partial charge in [0, 0.05) is 41.6 Å². The summed E-state index contributed by atoms with van der Waals surface area (Å²) < 4.78 is 8.13. The molecule has 5 aromatic rings. The van der Waals surface area contributed by atoms with Gasteiger partial charge in [-0.25, -0.2) is 0 Å². The molecule has 0 fully saturated rings. The minimum atomic E-state index is 0.561. The topological polar surface area (TPSA) is 76.6 Å². The van der Waals surface area contributed by atoms with Gasteiger partial charge in [-0.1, -0.05) is 12.1 Å². The third-order valence-corrected chi connectivity index (χ3v) is 5.93. The van der Waals surface area contributed by atoms with Crippen molar-refractivity contribution >= 4 is 10.9 Å². The first kappa shape index (κ1) is 19.2. The third-order valence-electron chi connectivity index (χ3n) is 5.93. The van der Waals surface area contributed by atoms with Crippen molar-refractivity contribution in [1.82, 2.24) is 19.7 Å². The zero-order valence-electron chi connectivity index (χ0n) is 17.8. The van der Waals surface area contributed by atoms with Crippen LogP contribution in [0.4, 0.5) is 0 Å². The first-order valence-electron chi connectivity index (χ1n) is 10.9. The summed E-state index contributed by atoms with van der Waals surface area (Å²) in [4.78, 5) is 9.18. The van der Waals surface area contributed by atoms with E-state index in [9.17, 15) is 0 Å². The van der Waals surface area contributed by atoms with E-state index in [1.54, 1.807) is 18.3 Å². The smallest absolute Gasteiger partial charge is 0.129 e. The van der Waals surface area contributed by atoms with Gasteiger partial charge in [-0.3, -0.25) is 14.6 Å². The van der Waals surface area contributed by atoms with Crippen LogP contribution in [0.15, 0.2) is 79.1 Å². The number of rotatable bonds is 4. The molecule has 0 amide bonds. The first-order valence-corrected chi connectivity index (χ1v) is 10.9. The van der Waals surface area contributed by atoms with Gasteiger partial charge < -0.3 is 4.74 Å². The number of aromatic nitrogens is 4. The highest BCUT2D eigenvalue weighted by molar-refractivity contribution is 5.99. The Morgan fingerprint density at radius 1 is 0.909 bits per heavy atom. The molecule has 3 aromatic heterocycles. The second kappa shape index (κ2) is 7.88. The normalized spacial score (nSPS) is 12.5. The summed E-state index contributed by atoms with van der Waals surface area (Å²) in [5.74, 6) is 1.30. The van der Waals surface area contributed by atoms with E-state index < -0.39 is 0 Å². The molecule has 0 bridgehead atoms. The molecular weight excluding hydrogens is 410 g/mol. The lowest BCUT2D eigenvalue weighted by atomic mass is 9.96. The van der Waals surface area contributed by atoms with E-state index in [4.69, 9.17) is 15.1 Å². The Morgan fingerprint density at radius 2 is 1.85 bits per heavy atom. The maximum Gasteiger partial charge on any atom is 0.129 e. The van der Waals surface area contributed by atoms with Gasteiger partial charge in [-0.15, -0.1) is 0 Å². The summed E-state index contributed by atoms with van der Waals surface area (Å²) in [6.45, 7) is 0.929. The quantitative estimate of drug-likeness (QED) is 0.362. The van der Waals surface area contributed by atoms with Crippen molar-refractivity contribution in [2.75, 3.05) is 0 Å². The molecule has 2 aromatic carbocycles. The van der Waals surface area contributed by atoms with E-state index in [0.29, 0.717) is 17.1 Å². The van der Waals surface area contributed by atoms with Gasteiger partial charge in [0.15, 0.2) is 0 Å². The molecule has 0 spiro atoms. The molecule has 4 heterocycles. The number of pyridine rings is 2. The van der Waals surface area contributed by atoms with Gasteiger partial charge >= 0.3 is 0 Å². The Morgan fingerprint density at radius 3 is 2.73 bits per heavy atom. The van der Waals surface area contributed by atoms with Crippen LogP contribution in [0.1, 0.15) is 17.7 Å². The number of hydrogen-bond donors (Lipinski definition) is 0. The van der Waals surface area contributed by atoms with E-state index in [2.05, 4.69) is 26.8 Å². The van der Waals surface area contributed by atoms with Gasteiger partial charge in [0.2, 0.25) is 0 Å². The highest BCUT2D eigenvalue weighted by atomic mass is 16.5. The lowest BCUT2D eigenvalue weighted by Crippen LogP contribution is -1.94. The number of fused-ring (bicyclic) bond motifs is 2. The van der Waals surface area contributed by atoms with Crippen molar-refractivity contribution in [2.45, 2.75) is 19.4 Å². The van der Waals surface area contributed by atoms with E-state index in [1.807, 2.05) is 54.7 Å². The minimum Gasteiger partial charge on any atom is -0.457 e. The Bertz CT molecular complexity index is 1530. The number of nitrogens with zero attached hydrogens (tertiary/aromatic N) is 5. The van der Waals surface area contributed by atoms with Crippen LogP contribution in [0.3, 0.4) is 0 Å². The second-order valence-corrected chi connectivity index (χ2v) is 7.99. The van der Waals surface area contributed by atoms with Crippen LogP contribution in [0.25, 0.3) is 33.4 Å². The Kier molecular flexibility index (Phi) is 4.59. The van der Waals surface area contributed by atoms with Crippen molar-refractivity contribution in [3.63, 3.8) is 0 Å². The summed E-state index contributed by atoms with van der Waals surface area (Å²) in [6.07, 6.45) is 5.73. The van der Waals surface area contributed by atoms with Gasteiger partial charge in [-0.2, -0.15) is 10.4 Å². The van der Waals surface area contributed by atoms with E-state index in [-0.39, 0.29) is 0 Å². The molecule has 0 N–H and O–H groups in total. The van der Waals surface area contributed by atoms with Crippen LogP contribution < -0.4 is 4.74 Å². The van der Waals surface area contributed by atoms with Crippen molar-refractivity contribution in [1.29, 1.82) is 5.26 Å². The molecule has 0 atom stereocenters. The largest absolute Gasteiger partial charge is 0.457 e. The van der Waals surface area contributed by atoms with Gasteiger partial charge in [0.1, 0.15) is 17.2 Å². The standard InChI is InChI=1S/C27H19N5O/c28-17-18-5-3-6-19(15-18)33-20-9-10-21-22(11-13-30-24(21)16-20)26-25-8-4-14-32(25)31-27(26)23-7-1-2-12-29-23/h1-3,5-7,9-13,15-16H,4,8,14H2. The minimum absolute atomic E-state index is 0.561. The van der Waals surface area contributed by atoms with Crippen molar-refractivity contribution in [2.24, 2.45) is 0 Å². The molecule has 6 heteroatoms. The molecular formula is C27H19N5O. The van der Waals surface area contributed by atoms with Crippen LogP contribution in [0, 0.1) is 11.3 Å². The van der Waals surface area contributed by atoms with E-state index >= 15 is 0 Å². The average molecular weight is 429 g/mol. The lowest BCUT2D eigenvalue weighted by molar-refractivity contribution is 0.483. The van der Waals surface area contributed by atoms with Crippen LogP contribution in [-0.2, 0) is 13.0 Å². The van der Waals surface area contributed by atoms with Crippen LogP contribution >= 0.6 is 0 Å². The van der Waals surface area contributed by atoms with Crippen LogP contribution in [-0.4, -0.2) is 19.7 Å². The highest BCUT2D eigenvalue weighted by Gasteiger charge is 2.25. The molecule has 0 unspecified atom stereocenters. The fourth-order valence-corrected chi connectivity index (χ4v) is 4.47. The summed E-state index contributed by atoms with van der Waals surface area (Å²) in [6, 6.07) is 23.2. The predicted molar refractivity (Wildman–Crippen MR) is 126 cm³/mol. The van der Waals surface area contributed by atoms with Gasteiger partial charge in [-0.05, 0) is 66.9 Å². The predicted octanol–water partition coefficient (Wildman–Crippen LogP) is 5.77. The number of benzene rings is 2. The maximum atomic E-state index is 9.14. The summed E-state index contributed by atoms with van der Waals surface area (Å²) in [5, 5.41) is 15.1. The van der Waals surface area contributed by atoms with Crippen molar-refractivity contribution in [3.05, 3.63) is 90.4 Å². The first-order chi connectivity index (χ1) is 16.3. The zero-order chi connectivity index (χ0) is 22.2. The van der Waals surface area contributed by atoms with E-state index in [1.165, 1.54) is 5.69 Å². The van der Waals surface area contributed by atoms with Crippen molar-refractivity contribution < 1.29 is 4.74 Å². The number of nitriles is 1. The summed E-state index contributed by atoms with van der Waals surface area (Å²) in [5.41, 5.74) is 6.66. The molecule has 0 radical (unpaired) electrons. The van der Waals surface area contributed by atoms with E-state index in [0.717, 1.165) is 52.8 Å². The Balaban J connectivity index is 1.46. The molecule has 33 heavy (non-hydrogen) atoms. The molecule has 0 saturated heterocycles. The van der Waals surface area contributed by atoms with Crippen LogP contribution in [0.2, 0.25) is 0 Å². The molecule has 0 aliphatic carbocycles. The number of hydrogen-bond acceptors (Lipinski definition) is 5. The molecule has 6 nitrogen and oxygen atoms in total.